The smallest absolute Gasteiger partial charge is 0.267 e. The number of pyridine rings is 1. The van der Waals surface area contributed by atoms with E-state index in [0.29, 0.717) is 15.2 Å². The number of benzene rings is 2. The number of carbonyl (C=O) groups is 1. The second kappa shape index (κ2) is 7.74. The molecule has 2 aromatic carbocycles. The predicted molar refractivity (Wildman–Crippen MR) is 98.6 cm³/mol. The lowest BCUT2D eigenvalue weighted by Gasteiger charge is -2.13. The van der Waals surface area contributed by atoms with Crippen LogP contribution in [0.1, 0.15) is 25.5 Å². The maximum absolute atomic E-state index is 12.5. The van der Waals surface area contributed by atoms with Crippen LogP contribution in [-0.2, 0) is 0 Å². The van der Waals surface area contributed by atoms with Gasteiger partial charge in [0.05, 0.1) is 11.4 Å². The van der Waals surface area contributed by atoms with Crippen molar-refractivity contribution < 1.29 is 26.0 Å². The molecular weight excluding hydrogens is 435 g/mol. The molecule has 3 nitrogen and oxygen atoms in total. The van der Waals surface area contributed by atoms with Crippen LogP contribution in [0.4, 0.5) is 0 Å². The van der Waals surface area contributed by atoms with Crippen LogP contribution >= 0.6 is 0 Å². The summed E-state index contributed by atoms with van der Waals surface area (Å²) in [4.78, 5) is 21.3. The summed E-state index contributed by atoms with van der Waals surface area (Å²) in [5.74, 6) is -0.238. The summed E-state index contributed by atoms with van der Waals surface area (Å²) >= 11 is -0.235. The Morgan fingerprint density at radius 3 is 2.42 bits per heavy atom. The summed E-state index contributed by atoms with van der Waals surface area (Å²) in [7, 11) is 0. The summed E-state index contributed by atoms with van der Waals surface area (Å²) in [5, 5.41) is 0. The fourth-order valence-corrected chi connectivity index (χ4v) is 5.63. The van der Waals surface area contributed by atoms with Crippen LogP contribution in [0.15, 0.2) is 96.1 Å². The second-order valence-electron chi connectivity index (χ2n) is 5.78. The number of nitrogens with zero attached hydrogens (tertiary/aromatic N) is 2. The topological polar surface area (TPSA) is 42.3 Å². The van der Waals surface area contributed by atoms with Crippen LogP contribution in [0.25, 0.3) is 0 Å². The molecule has 126 valence electrons. The number of amides is 1. The van der Waals surface area contributed by atoms with Crippen molar-refractivity contribution in [2.45, 2.75) is 3.92 Å². The number of rotatable bonds is 3. The Bertz CT molecular complexity index is 981. The number of carbonyl (C=O) groups excluding carboxylic acids is 1. The molecule has 3 aromatic rings. The van der Waals surface area contributed by atoms with Crippen LogP contribution in [-0.4, -0.2) is 16.6 Å². The largest absolute Gasteiger partial charge is 0.326 e. The number of alkyl halides is 1. The molecule has 0 saturated carbocycles. The Balaban J connectivity index is 1.66. The summed E-state index contributed by atoms with van der Waals surface area (Å²) in [6, 6.07) is 23.8. The van der Waals surface area contributed by atoms with Gasteiger partial charge in [0.1, 0.15) is 0 Å². The zero-order chi connectivity index (χ0) is 17.8. The summed E-state index contributed by atoms with van der Waals surface area (Å²) in [6.45, 7) is 0. The van der Waals surface area contributed by atoms with E-state index in [1.165, 1.54) is 3.57 Å². The fraction of sp³-hybridized carbons (Fsp3) is 0.0455. The molecule has 1 amide bonds. The van der Waals surface area contributed by atoms with E-state index in [0.717, 1.165) is 11.3 Å². The highest BCUT2D eigenvalue weighted by Crippen LogP contribution is 2.20. The summed E-state index contributed by atoms with van der Waals surface area (Å²) in [5.41, 5.74) is 3.21. The molecule has 1 aliphatic carbocycles. The van der Waals surface area contributed by atoms with Crippen molar-refractivity contribution in [1.29, 1.82) is 0 Å². The van der Waals surface area contributed by atoms with Gasteiger partial charge in [-0.3, -0.25) is 9.78 Å². The Kier molecular flexibility index (Phi) is 5.02. The Morgan fingerprint density at radius 1 is 0.923 bits per heavy atom. The fourth-order valence-electron chi connectivity index (χ4n) is 2.78. The van der Waals surface area contributed by atoms with Crippen molar-refractivity contribution in [2.75, 3.05) is 0 Å². The van der Waals surface area contributed by atoms with E-state index in [2.05, 4.69) is 46.4 Å². The molecule has 1 heterocycles. The van der Waals surface area contributed by atoms with Crippen LogP contribution < -0.4 is 21.2 Å². The number of hydrogen-bond acceptors (Lipinski definition) is 2. The van der Waals surface area contributed by atoms with Crippen molar-refractivity contribution in [3.8, 4) is 0 Å². The zero-order valence-electron chi connectivity index (χ0n) is 13.9. The lowest BCUT2D eigenvalue weighted by Crippen LogP contribution is -3.62. The molecule has 1 unspecified atom stereocenters. The molecule has 0 fully saturated rings. The number of aromatic nitrogens is 1. The number of fused-ring (bicyclic) bond motifs is 1. The summed E-state index contributed by atoms with van der Waals surface area (Å²) < 4.78 is 1.72. The molecule has 0 N–H and O–H groups in total. The quantitative estimate of drug-likeness (QED) is 0.445. The van der Waals surface area contributed by atoms with E-state index >= 15 is 0 Å². The normalized spacial score (nSPS) is 17.1. The molecule has 4 heteroatoms. The van der Waals surface area contributed by atoms with Crippen molar-refractivity contribution in [3.63, 3.8) is 0 Å². The van der Waals surface area contributed by atoms with Crippen LogP contribution in [0.2, 0.25) is 0 Å². The first-order chi connectivity index (χ1) is 12.8. The molecule has 0 spiro atoms. The van der Waals surface area contributed by atoms with E-state index < -0.39 is 0 Å². The first-order valence-electron chi connectivity index (χ1n) is 8.31. The van der Waals surface area contributed by atoms with E-state index in [-0.39, 0.29) is 27.1 Å². The first-order valence-corrected chi connectivity index (χ1v) is 10.6. The van der Waals surface area contributed by atoms with Gasteiger partial charge in [0.15, 0.2) is 3.57 Å². The predicted octanol–water partition coefficient (Wildman–Crippen LogP) is 1.28. The second-order valence-corrected chi connectivity index (χ2v) is 8.99. The molecular formula is C22H16IN2O+. The van der Waals surface area contributed by atoms with Crippen LogP contribution in [0, 0.1) is 3.57 Å². The standard InChI is InChI=1S/C22H16IN2O/c26-22(16-8-3-1-4-9-16)25-20-14-13-19(18-12-7-15-24-21(18)20)23-17-10-5-2-6-11-17/h1-15,19H/q+1. The van der Waals surface area contributed by atoms with Gasteiger partial charge in [0, 0.05) is 17.3 Å². The minimum atomic E-state index is -0.238. The van der Waals surface area contributed by atoms with Crippen molar-refractivity contribution >= 4 is 11.6 Å². The highest BCUT2D eigenvalue weighted by molar-refractivity contribution is 6.16. The van der Waals surface area contributed by atoms with Crippen LogP contribution in [0.5, 0.6) is 0 Å². The summed E-state index contributed by atoms with van der Waals surface area (Å²) in [6.07, 6.45) is 5.88. The Hall–Kier alpha value is -2.60. The number of allylic oxidation sites excluding steroid dienone is 2. The molecule has 26 heavy (non-hydrogen) atoms. The van der Waals surface area contributed by atoms with Gasteiger partial charge in [-0.25, -0.2) is 4.99 Å². The van der Waals surface area contributed by atoms with Gasteiger partial charge >= 0.3 is 21.2 Å². The maximum Gasteiger partial charge on any atom is 0.326 e. The Labute approximate surface area is 162 Å². The van der Waals surface area contributed by atoms with E-state index in [4.69, 9.17) is 0 Å². The van der Waals surface area contributed by atoms with E-state index in [1.807, 2.05) is 36.4 Å². The molecule has 1 aromatic heterocycles. The van der Waals surface area contributed by atoms with Gasteiger partial charge in [-0.05, 0) is 42.5 Å². The monoisotopic (exact) mass is 451 g/mol. The average molecular weight is 451 g/mol. The van der Waals surface area contributed by atoms with Crippen molar-refractivity contribution in [2.24, 2.45) is 4.99 Å². The number of halogens is 1. The molecule has 0 radical (unpaired) electrons. The SMILES string of the molecule is O=C(N=C1C=CC([I+]c2ccccc2)c2cccnc21)c1ccccc1. The van der Waals surface area contributed by atoms with Gasteiger partial charge in [0.25, 0.3) is 5.91 Å². The molecule has 1 atom stereocenters. The molecule has 0 aliphatic heterocycles. The molecule has 4 rings (SSSR count). The third-order valence-corrected chi connectivity index (χ3v) is 7.22. The van der Waals surface area contributed by atoms with Gasteiger partial charge in [-0.1, -0.05) is 42.5 Å². The van der Waals surface area contributed by atoms with Crippen molar-refractivity contribution in [3.05, 3.63) is 112 Å². The molecule has 0 saturated heterocycles. The van der Waals surface area contributed by atoms with E-state index in [1.54, 1.807) is 18.3 Å². The third-order valence-electron chi connectivity index (χ3n) is 4.02. The number of hydrogen-bond donors (Lipinski definition) is 0. The van der Waals surface area contributed by atoms with Gasteiger partial charge in [0.2, 0.25) is 3.92 Å². The first kappa shape index (κ1) is 16.8. The van der Waals surface area contributed by atoms with Crippen molar-refractivity contribution in [1.82, 2.24) is 4.98 Å². The third kappa shape index (κ3) is 3.65. The lowest BCUT2D eigenvalue weighted by atomic mass is 10.0. The lowest BCUT2D eigenvalue weighted by molar-refractivity contribution is -0.659. The zero-order valence-corrected chi connectivity index (χ0v) is 16.1. The minimum Gasteiger partial charge on any atom is -0.267 e. The van der Waals surface area contributed by atoms with Gasteiger partial charge in [-0.2, -0.15) is 0 Å². The average Bonchev–Trinajstić information content (AvgIpc) is 2.71. The van der Waals surface area contributed by atoms with E-state index in [9.17, 15) is 4.79 Å². The minimum absolute atomic E-state index is 0.235. The highest BCUT2D eigenvalue weighted by Gasteiger charge is 2.32. The Morgan fingerprint density at radius 2 is 1.65 bits per heavy atom. The molecule has 0 bridgehead atoms. The molecule has 1 aliphatic rings. The maximum atomic E-state index is 12.5. The highest BCUT2D eigenvalue weighted by atomic mass is 127. The number of aliphatic imine (C=N–C) groups is 1. The van der Waals surface area contributed by atoms with Gasteiger partial charge in [-0.15, -0.1) is 0 Å². The van der Waals surface area contributed by atoms with Crippen LogP contribution in [0.3, 0.4) is 0 Å². The van der Waals surface area contributed by atoms with Gasteiger partial charge < -0.3 is 0 Å².